The molecule has 0 saturated carbocycles. The summed E-state index contributed by atoms with van der Waals surface area (Å²) in [6, 6.07) is 1.89. The second-order valence-electron chi connectivity index (χ2n) is 6.70. The number of amides is 1. The van der Waals surface area contributed by atoms with Crippen LogP contribution in [0.1, 0.15) is 35.3 Å². The molecule has 1 unspecified atom stereocenters. The summed E-state index contributed by atoms with van der Waals surface area (Å²) in [6.45, 7) is 9.26. The fraction of sp³-hybridized carbons (Fsp3) is 0.500. The number of aryl methyl sites for hydroxylation is 3. The highest BCUT2D eigenvalue weighted by atomic mass is 16.4. The first-order valence-electron chi connectivity index (χ1n) is 8.44. The second-order valence-corrected chi connectivity index (χ2v) is 6.70. The first kappa shape index (κ1) is 19.6. The molecule has 2 rings (SSSR count). The maximum Gasteiger partial charge on any atom is 0.308 e. The number of hydrogen-bond donors (Lipinski definition) is 1. The van der Waals surface area contributed by atoms with Crippen molar-refractivity contribution in [3.05, 3.63) is 34.4 Å². The Labute approximate surface area is 152 Å². The summed E-state index contributed by atoms with van der Waals surface area (Å²) in [5.41, 5.74) is 4.05. The normalized spacial score (nSPS) is 12.1. The van der Waals surface area contributed by atoms with Crippen molar-refractivity contribution in [1.29, 1.82) is 0 Å². The molecule has 0 radical (unpaired) electrons. The third-order valence-corrected chi connectivity index (χ3v) is 4.32. The van der Waals surface area contributed by atoms with Gasteiger partial charge in [0.05, 0.1) is 18.0 Å². The Morgan fingerprint density at radius 3 is 2.31 bits per heavy atom. The lowest BCUT2D eigenvalue weighted by atomic mass is 10.1. The lowest BCUT2D eigenvalue weighted by Gasteiger charge is -2.19. The number of likely N-dealkylation sites (N-methyl/N-ethyl adjacent to an activating group) is 1. The number of nitrogens with zero attached hydrogens (tertiary/aromatic N) is 5. The smallest absolute Gasteiger partial charge is 0.308 e. The average Bonchev–Trinajstić information content (AvgIpc) is 2.81. The van der Waals surface area contributed by atoms with Gasteiger partial charge in [0.15, 0.2) is 0 Å². The van der Waals surface area contributed by atoms with E-state index in [1.807, 2.05) is 33.8 Å². The first-order valence-corrected chi connectivity index (χ1v) is 8.44. The first-order chi connectivity index (χ1) is 12.1. The van der Waals surface area contributed by atoms with E-state index in [0.717, 1.165) is 28.3 Å². The van der Waals surface area contributed by atoms with Crippen LogP contribution >= 0.6 is 0 Å². The van der Waals surface area contributed by atoms with Crippen LogP contribution in [0.3, 0.4) is 0 Å². The van der Waals surface area contributed by atoms with Crippen molar-refractivity contribution in [2.24, 2.45) is 5.92 Å². The molecule has 2 aromatic rings. The Balaban J connectivity index is 2.25. The highest BCUT2D eigenvalue weighted by molar-refractivity contribution is 5.80. The van der Waals surface area contributed by atoms with Crippen LogP contribution < -0.4 is 0 Å². The van der Waals surface area contributed by atoms with Crippen molar-refractivity contribution in [3.8, 4) is 5.95 Å². The topological polar surface area (TPSA) is 101 Å². The Kier molecular flexibility index (Phi) is 5.74. The molecule has 140 valence electrons. The molecule has 0 fully saturated rings. The molecule has 2 aromatic heterocycles. The number of hydrogen-bond acceptors (Lipinski definition) is 5. The van der Waals surface area contributed by atoms with E-state index in [9.17, 15) is 9.59 Å². The van der Waals surface area contributed by atoms with E-state index in [4.69, 9.17) is 5.11 Å². The lowest BCUT2D eigenvalue weighted by molar-refractivity contribution is -0.142. The molecule has 0 saturated heterocycles. The van der Waals surface area contributed by atoms with Crippen LogP contribution in [0.25, 0.3) is 5.95 Å². The van der Waals surface area contributed by atoms with Gasteiger partial charge in [-0.3, -0.25) is 9.59 Å². The van der Waals surface area contributed by atoms with Gasteiger partial charge in [-0.15, -0.1) is 0 Å². The van der Waals surface area contributed by atoms with Gasteiger partial charge in [-0.25, -0.2) is 14.6 Å². The van der Waals surface area contributed by atoms with Gasteiger partial charge >= 0.3 is 5.97 Å². The summed E-state index contributed by atoms with van der Waals surface area (Å²) >= 11 is 0. The lowest BCUT2D eigenvalue weighted by Crippen LogP contribution is -2.34. The van der Waals surface area contributed by atoms with Gasteiger partial charge in [-0.05, 0) is 33.8 Å². The van der Waals surface area contributed by atoms with E-state index in [1.165, 1.54) is 4.90 Å². The van der Waals surface area contributed by atoms with Gasteiger partial charge in [-0.2, -0.15) is 5.10 Å². The Hall–Kier alpha value is -2.77. The van der Waals surface area contributed by atoms with Crippen molar-refractivity contribution in [2.45, 2.75) is 41.0 Å². The molecule has 0 aromatic carbocycles. The van der Waals surface area contributed by atoms with Crippen molar-refractivity contribution >= 4 is 11.9 Å². The molecule has 26 heavy (non-hydrogen) atoms. The predicted octanol–water partition coefficient (Wildman–Crippen LogP) is 1.62. The molecule has 0 spiro atoms. The molecule has 8 heteroatoms. The minimum Gasteiger partial charge on any atom is -0.481 e. The van der Waals surface area contributed by atoms with Crippen molar-refractivity contribution < 1.29 is 14.7 Å². The SMILES string of the molecule is Cc1cc(C)nc(-n2nc(C)c(CC(=O)N(C)CC(C)C(=O)O)c2C)n1. The van der Waals surface area contributed by atoms with Gasteiger partial charge in [0.25, 0.3) is 5.95 Å². The zero-order chi connectivity index (χ0) is 19.6. The Bertz CT molecular complexity index is 823. The monoisotopic (exact) mass is 359 g/mol. The second kappa shape index (κ2) is 7.63. The van der Waals surface area contributed by atoms with Crippen LogP contribution in [0.2, 0.25) is 0 Å². The number of aliphatic carboxylic acids is 1. The van der Waals surface area contributed by atoms with Gasteiger partial charge in [0.1, 0.15) is 0 Å². The molecular formula is C18H25N5O3. The van der Waals surface area contributed by atoms with Crippen LogP contribution in [0.4, 0.5) is 0 Å². The van der Waals surface area contributed by atoms with E-state index in [0.29, 0.717) is 5.95 Å². The van der Waals surface area contributed by atoms with E-state index < -0.39 is 11.9 Å². The summed E-state index contributed by atoms with van der Waals surface area (Å²) in [6.07, 6.45) is 0.158. The molecule has 1 N–H and O–H groups in total. The minimum atomic E-state index is -0.920. The highest BCUT2D eigenvalue weighted by Crippen LogP contribution is 2.18. The van der Waals surface area contributed by atoms with Crippen molar-refractivity contribution in [3.63, 3.8) is 0 Å². The van der Waals surface area contributed by atoms with Crippen LogP contribution in [-0.2, 0) is 16.0 Å². The standard InChI is InChI=1S/C18H25N5O3/c1-10(17(25)26)9-22(6)16(24)8-15-13(4)21-23(14(15)5)18-19-11(2)7-12(3)20-18/h7,10H,8-9H2,1-6H3,(H,25,26). The van der Waals surface area contributed by atoms with Gasteiger partial charge in [0, 0.05) is 36.2 Å². The van der Waals surface area contributed by atoms with Gasteiger partial charge < -0.3 is 10.0 Å². The molecule has 0 aliphatic rings. The molecule has 1 atom stereocenters. The maximum atomic E-state index is 12.5. The number of aromatic nitrogens is 4. The number of carbonyl (C=O) groups is 2. The molecule has 0 bridgehead atoms. The predicted molar refractivity (Wildman–Crippen MR) is 96.2 cm³/mol. The largest absolute Gasteiger partial charge is 0.481 e. The number of rotatable bonds is 6. The molecule has 2 heterocycles. The number of carboxylic acids is 1. The van der Waals surface area contributed by atoms with Crippen LogP contribution in [-0.4, -0.2) is 55.2 Å². The zero-order valence-electron chi connectivity index (χ0n) is 16.1. The van der Waals surface area contributed by atoms with Gasteiger partial charge in [0.2, 0.25) is 5.91 Å². The molecule has 0 aliphatic carbocycles. The Morgan fingerprint density at radius 1 is 1.19 bits per heavy atom. The van der Waals surface area contributed by atoms with E-state index in [-0.39, 0.29) is 18.9 Å². The molecule has 8 nitrogen and oxygen atoms in total. The molecule has 1 amide bonds. The quantitative estimate of drug-likeness (QED) is 0.841. The summed E-state index contributed by atoms with van der Waals surface area (Å²) in [5.74, 6) is -1.20. The maximum absolute atomic E-state index is 12.5. The Morgan fingerprint density at radius 2 is 1.77 bits per heavy atom. The highest BCUT2D eigenvalue weighted by Gasteiger charge is 2.21. The van der Waals surface area contributed by atoms with Crippen LogP contribution in [0.5, 0.6) is 0 Å². The number of carbonyl (C=O) groups excluding carboxylic acids is 1. The minimum absolute atomic E-state index is 0.148. The molecule has 0 aliphatic heterocycles. The third kappa shape index (κ3) is 4.25. The summed E-state index contributed by atoms with van der Waals surface area (Å²) in [7, 11) is 1.61. The van der Waals surface area contributed by atoms with E-state index in [2.05, 4.69) is 15.1 Å². The summed E-state index contributed by atoms with van der Waals surface area (Å²) in [5, 5.41) is 13.5. The van der Waals surface area contributed by atoms with Crippen molar-refractivity contribution in [2.75, 3.05) is 13.6 Å². The number of carboxylic acid groups (broad SMARTS) is 1. The van der Waals surface area contributed by atoms with E-state index in [1.54, 1.807) is 18.7 Å². The summed E-state index contributed by atoms with van der Waals surface area (Å²) in [4.78, 5) is 33.8. The van der Waals surface area contributed by atoms with E-state index >= 15 is 0 Å². The van der Waals surface area contributed by atoms with Crippen LogP contribution in [0, 0.1) is 33.6 Å². The third-order valence-electron chi connectivity index (χ3n) is 4.32. The fourth-order valence-electron chi connectivity index (χ4n) is 2.80. The summed E-state index contributed by atoms with van der Waals surface area (Å²) < 4.78 is 1.65. The zero-order valence-corrected chi connectivity index (χ0v) is 16.1. The average molecular weight is 359 g/mol. The fourth-order valence-corrected chi connectivity index (χ4v) is 2.80. The molecular weight excluding hydrogens is 334 g/mol. The van der Waals surface area contributed by atoms with Crippen molar-refractivity contribution in [1.82, 2.24) is 24.6 Å². The van der Waals surface area contributed by atoms with Gasteiger partial charge in [-0.1, -0.05) is 6.92 Å². The van der Waals surface area contributed by atoms with Crippen LogP contribution in [0.15, 0.2) is 6.07 Å².